The van der Waals surface area contributed by atoms with E-state index in [1.54, 1.807) is 6.20 Å². The maximum absolute atomic E-state index is 11.3. The molecular weight excluding hydrogens is 404 g/mol. The largest absolute Gasteiger partial charge is 0.338 e. The van der Waals surface area contributed by atoms with E-state index in [-0.39, 0.29) is 5.56 Å². The number of anilines is 2. The first kappa shape index (κ1) is 17.4. The van der Waals surface area contributed by atoms with Crippen LogP contribution in [0.1, 0.15) is 16.8 Å². The molecule has 0 atom stereocenters. The van der Waals surface area contributed by atoms with Crippen molar-refractivity contribution in [3.8, 4) is 0 Å². The van der Waals surface area contributed by atoms with E-state index in [4.69, 9.17) is 0 Å². The summed E-state index contributed by atoms with van der Waals surface area (Å²) >= 11 is 3.56. The lowest BCUT2D eigenvalue weighted by molar-refractivity contribution is 0.956. The highest BCUT2D eigenvalue weighted by molar-refractivity contribution is 9.10. The molecule has 0 aliphatic heterocycles. The number of nitrogens with zero attached hydrogens (tertiary/aromatic N) is 2. The van der Waals surface area contributed by atoms with Crippen molar-refractivity contribution in [3.05, 3.63) is 92.4 Å². The van der Waals surface area contributed by atoms with Gasteiger partial charge in [0.05, 0.1) is 5.69 Å². The minimum Gasteiger partial charge on any atom is -0.338 e. The van der Waals surface area contributed by atoms with Crippen molar-refractivity contribution in [1.82, 2.24) is 15.2 Å². The van der Waals surface area contributed by atoms with Gasteiger partial charge in [0.25, 0.3) is 0 Å². The van der Waals surface area contributed by atoms with E-state index in [2.05, 4.69) is 43.4 Å². The lowest BCUT2D eigenvalue weighted by Crippen LogP contribution is -2.05. The van der Waals surface area contributed by atoms with Gasteiger partial charge in [-0.2, -0.15) is 5.10 Å². The molecule has 0 amide bonds. The van der Waals surface area contributed by atoms with Crippen LogP contribution in [-0.4, -0.2) is 15.2 Å². The van der Waals surface area contributed by atoms with Gasteiger partial charge in [-0.05, 0) is 30.2 Å². The molecule has 0 radical (unpaired) electrons. The number of aromatic amines is 1. The molecule has 0 unspecified atom stereocenters. The summed E-state index contributed by atoms with van der Waals surface area (Å²) in [6.07, 6.45) is 2.31. The van der Waals surface area contributed by atoms with Crippen LogP contribution in [0.3, 0.4) is 0 Å². The lowest BCUT2D eigenvalue weighted by Gasteiger charge is -2.12. The van der Waals surface area contributed by atoms with Crippen molar-refractivity contribution in [1.29, 1.82) is 0 Å². The van der Waals surface area contributed by atoms with Gasteiger partial charge < -0.3 is 10.3 Å². The molecule has 0 fully saturated rings. The second-order valence-corrected chi connectivity index (χ2v) is 7.22. The van der Waals surface area contributed by atoms with E-state index in [0.29, 0.717) is 12.2 Å². The van der Waals surface area contributed by atoms with Crippen molar-refractivity contribution in [2.24, 2.45) is 0 Å². The molecule has 0 saturated carbocycles. The third-order valence-electron chi connectivity index (χ3n) is 4.42. The molecule has 4 rings (SSSR count). The van der Waals surface area contributed by atoms with Crippen LogP contribution in [0.5, 0.6) is 0 Å². The molecule has 2 aromatic carbocycles. The fraction of sp³-hybridized carbons (Fsp3) is 0.0952. The van der Waals surface area contributed by atoms with Gasteiger partial charge in [0.15, 0.2) is 5.82 Å². The van der Waals surface area contributed by atoms with Gasteiger partial charge >= 0.3 is 0 Å². The average Bonchev–Trinajstić information content (AvgIpc) is 2.68. The number of rotatable bonds is 4. The summed E-state index contributed by atoms with van der Waals surface area (Å²) in [6, 6.07) is 17.5. The molecule has 5 nitrogen and oxygen atoms in total. The van der Waals surface area contributed by atoms with E-state index < -0.39 is 0 Å². The molecule has 0 saturated heterocycles. The number of hydrogen-bond acceptors (Lipinski definition) is 4. The van der Waals surface area contributed by atoms with Gasteiger partial charge in [-0.15, -0.1) is 5.10 Å². The van der Waals surface area contributed by atoms with Crippen molar-refractivity contribution in [2.75, 3.05) is 5.32 Å². The van der Waals surface area contributed by atoms with Gasteiger partial charge in [-0.3, -0.25) is 4.79 Å². The number of benzene rings is 2. The van der Waals surface area contributed by atoms with Gasteiger partial charge in [-0.1, -0.05) is 52.3 Å². The predicted octanol–water partition coefficient (Wildman–Crippen LogP) is 4.72. The Labute approximate surface area is 164 Å². The topological polar surface area (TPSA) is 70.7 Å². The number of halogens is 1. The van der Waals surface area contributed by atoms with Gasteiger partial charge in [0, 0.05) is 39.6 Å². The quantitative estimate of drug-likeness (QED) is 0.500. The molecule has 4 aromatic rings. The lowest BCUT2D eigenvalue weighted by atomic mass is 10.1. The Bertz CT molecular complexity index is 1170. The molecule has 0 bridgehead atoms. The first-order chi connectivity index (χ1) is 13.1. The van der Waals surface area contributed by atoms with Crippen LogP contribution in [0.15, 0.2) is 70.1 Å². The van der Waals surface area contributed by atoms with E-state index in [1.165, 1.54) is 11.6 Å². The Balaban J connectivity index is 1.72. The van der Waals surface area contributed by atoms with Gasteiger partial charge in [0.2, 0.25) is 5.56 Å². The normalized spacial score (nSPS) is 10.9. The van der Waals surface area contributed by atoms with Crippen molar-refractivity contribution in [3.63, 3.8) is 0 Å². The molecule has 2 heterocycles. The van der Waals surface area contributed by atoms with Crippen LogP contribution in [-0.2, 0) is 6.42 Å². The monoisotopic (exact) mass is 420 g/mol. The van der Waals surface area contributed by atoms with E-state index in [1.807, 2.05) is 48.5 Å². The molecule has 2 aromatic heterocycles. The number of pyridine rings is 1. The summed E-state index contributed by atoms with van der Waals surface area (Å²) in [7, 11) is 0. The zero-order valence-corrected chi connectivity index (χ0v) is 16.2. The van der Waals surface area contributed by atoms with Gasteiger partial charge in [0.1, 0.15) is 0 Å². The molecule has 0 aliphatic carbocycles. The molecular formula is C21H17BrN4O. The van der Waals surface area contributed by atoms with Crippen LogP contribution < -0.4 is 10.9 Å². The first-order valence-corrected chi connectivity index (χ1v) is 9.34. The van der Waals surface area contributed by atoms with Crippen LogP contribution in [0.25, 0.3) is 10.8 Å². The van der Waals surface area contributed by atoms with Gasteiger partial charge in [-0.25, -0.2) is 0 Å². The number of aromatic nitrogens is 3. The zero-order valence-electron chi connectivity index (χ0n) is 14.7. The molecule has 2 N–H and O–H groups in total. The van der Waals surface area contributed by atoms with Crippen molar-refractivity contribution >= 4 is 38.2 Å². The third kappa shape index (κ3) is 3.75. The summed E-state index contributed by atoms with van der Waals surface area (Å²) in [5, 5.41) is 14.3. The standard InChI is InChI=1S/C21H17BrN4O/c1-13-6-8-15(11-18(13)22)24-21-17-5-3-2-4-16(17)19(25-26-21)10-14-7-9-20(27)23-12-14/h2-9,11-12H,10H2,1H3,(H,23,27)(H,24,26). The summed E-state index contributed by atoms with van der Waals surface area (Å²) in [6.45, 7) is 2.05. The highest BCUT2D eigenvalue weighted by Crippen LogP contribution is 2.28. The van der Waals surface area contributed by atoms with E-state index in [9.17, 15) is 4.79 Å². The Morgan fingerprint density at radius 3 is 2.59 bits per heavy atom. The van der Waals surface area contributed by atoms with Crippen molar-refractivity contribution < 1.29 is 0 Å². The summed E-state index contributed by atoms with van der Waals surface area (Å²) in [5.74, 6) is 0.714. The number of aryl methyl sites for hydroxylation is 1. The highest BCUT2D eigenvalue weighted by atomic mass is 79.9. The van der Waals surface area contributed by atoms with Crippen LogP contribution in [0.2, 0.25) is 0 Å². The minimum atomic E-state index is -0.113. The third-order valence-corrected chi connectivity index (χ3v) is 5.27. The smallest absolute Gasteiger partial charge is 0.247 e. The predicted molar refractivity (Wildman–Crippen MR) is 112 cm³/mol. The Morgan fingerprint density at radius 2 is 1.85 bits per heavy atom. The molecule has 0 aliphatic rings. The number of nitrogens with one attached hydrogen (secondary N) is 2. The van der Waals surface area contributed by atoms with E-state index >= 15 is 0 Å². The number of hydrogen-bond donors (Lipinski definition) is 2. The molecule has 6 heteroatoms. The zero-order chi connectivity index (χ0) is 18.8. The van der Waals surface area contributed by atoms with Crippen molar-refractivity contribution in [2.45, 2.75) is 13.3 Å². The minimum absolute atomic E-state index is 0.113. The first-order valence-electron chi connectivity index (χ1n) is 8.55. The Morgan fingerprint density at radius 1 is 1.04 bits per heavy atom. The second-order valence-electron chi connectivity index (χ2n) is 6.37. The van der Waals surface area contributed by atoms with Crippen LogP contribution in [0, 0.1) is 6.92 Å². The Hall–Kier alpha value is -2.99. The molecule has 27 heavy (non-hydrogen) atoms. The fourth-order valence-corrected chi connectivity index (χ4v) is 3.31. The molecule has 0 spiro atoms. The number of fused-ring (bicyclic) bond motifs is 1. The Kier molecular flexibility index (Phi) is 4.73. The summed E-state index contributed by atoms with van der Waals surface area (Å²) < 4.78 is 1.04. The van der Waals surface area contributed by atoms with E-state index in [0.717, 1.165) is 32.2 Å². The maximum Gasteiger partial charge on any atom is 0.247 e. The summed E-state index contributed by atoms with van der Waals surface area (Å²) in [4.78, 5) is 14.0. The number of H-pyrrole nitrogens is 1. The molecule has 134 valence electrons. The SMILES string of the molecule is Cc1ccc(Nc2nnc(Cc3ccc(=O)[nH]c3)c3ccccc23)cc1Br. The fourth-order valence-electron chi connectivity index (χ4n) is 2.94. The highest BCUT2D eigenvalue weighted by Gasteiger charge is 2.10. The maximum atomic E-state index is 11.3. The van der Waals surface area contributed by atoms with Crippen LogP contribution in [0.4, 0.5) is 11.5 Å². The second kappa shape index (κ2) is 7.32. The average molecular weight is 421 g/mol. The summed E-state index contributed by atoms with van der Waals surface area (Å²) in [5.41, 5.74) is 3.86. The van der Waals surface area contributed by atoms with Crippen LogP contribution >= 0.6 is 15.9 Å².